The first-order valence-electron chi connectivity index (χ1n) is 11.3. The SMILES string of the molecule is CN=C(NCc1coc(-c2ccc(C)cc2)n1)NCC1(c2ccc(OC)cc2)CCOCC1. The highest BCUT2D eigenvalue weighted by Gasteiger charge is 2.34. The predicted molar refractivity (Wildman–Crippen MR) is 130 cm³/mol. The molecule has 7 heteroatoms. The molecule has 1 aromatic heterocycles. The van der Waals surface area contributed by atoms with Crippen molar-refractivity contribution in [3.8, 4) is 17.2 Å². The van der Waals surface area contributed by atoms with Gasteiger partial charge in [-0.3, -0.25) is 4.99 Å². The summed E-state index contributed by atoms with van der Waals surface area (Å²) in [5.41, 5.74) is 4.27. The third-order valence-electron chi connectivity index (χ3n) is 6.26. The fourth-order valence-electron chi connectivity index (χ4n) is 4.14. The number of benzene rings is 2. The van der Waals surface area contributed by atoms with Crippen LogP contribution < -0.4 is 15.4 Å². The quantitative estimate of drug-likeness (QED) is 0.419. The summed E-state index contributed by atoms with van der Waals surface area (Å²) in [4.78, 5) is 9.00. The highest BCUT2D eigenvalue weighted by atomic mass is 16.5. The van der Waals surface area contributed by atoms with Crippen molar-refractivity contribution in [2.24, 2.45) is 4.99 Å². The van der Waals surface area contributed by atoms with Crippen molar-refractivity contribution in [3.63, 3.8) is 0 Å². The van der Waals surface area contributed by atoms with E-state index in [1.54, 1.807) is 20.4 Å². The van der Waals surface area contributed by atoms with E-state index in [-0.39, 0.29) is 5.41 Å². The summed E-state index contributed by atoms with van der Waals surface area (Å²) in [7, 11) is 3.47. The third kappa shape index (κ3) is 5.54. The smallest absolute Gasteiger partial charge is 0.226 e. The van der Waals surface area contributed by atoms with Crippen molar-refractivity contribution in [3.05, 3.63) is 71.6 Å². The minimum atomic E-state index is -0.0192. The van der Waals surface area contributed by atoms with Crippen LogP contribution in [0.15, 0.2) is 64.2 Å². The molecule has 1 aliphatic heterocycles. The Morgan fingerprint density at radius 1 is 1.06 bits per heavy atom. The Morgan fingerprint density at radius 2 is 1.79 bits per heavy atom. The average molecular weight is 449 g/mol. The number of ether oxygens (including phenoxy) is 2. The minimum absolute atomic E-state index is 0.0192. The second-order valence-electron chi connectivity index (χ2n) is 8.41. The highest BCUT2D eigenvalue weighted by Crippen LogP contribution is 2.35. The average Bonchev–Trinajstić information content (AvgIpc) is 3.34. The maximum absolute atomic E-state index is 5.67. The molecule has 0 atom stereocenters. The lowest BCUT2D eigenvalue weighted by Gasteiger charge is -2.38. The standard InChI is InChI=1S/C26H32N4O3/c1-19-4-6-20(7-5-19)24-30-22(17-33-24)16-28-25(27-2)29-18-26(12-14-32-15-13-26)21-8-10-23(31-3)11-9-21/h4-11,17H,12-16,18H2,1-3H3,(H2,27,28,29). The van der Waals surface area contributed by atoms with Gasteiger partial charge in [-0.05, 0) is 49.6 Å². The number of methoxy groups -OCH3 is 1. The lowest BCUT2D eigenvalue weighted by atomic mass is 9.74. The Morgan fingerprint density at radius 3 is 2.45 bits per heavy atom. The Kier molecular flexibility index (Phi) is 7.29. The molecule has 2 N–H and O–H groups in total. The van der Waals surface area contributed by atoms with E-state index >= 15 is 0 Å². The van der Waals surface area contributed by atoms with Gasteiger partial charge in [0, 0.05) is 37.8 Å². The van der Waals surface area contributed by atoms with E-state index in [1.165, 1.54) is 11.1 Å². The number of aromatic nitrogens is 1. The van der Waals surface area contributed by atoms with Gasteiger partial charge in [-0.1, -0.05) is 29.8 Å². The molecular formula is C26H32N4O3. The second kappa shape index (κ2) is 10.5. The van der Waals surface area contributed by atoms with Gasteiger partial charge in [0.2, 0.25) is 5.89 Å². The topological polar surface area (TPSA) is 80.9 Å². The van der Waals surface area contributed by atoms with Crippen molar-refractivity contribution in [1.29, 1.82) is 0 Å². The van der Waals surface area contributed by atoms with Crippen molar-refractivity contribution in [2.45, 2.75) is 31.7 Å². The van der Waals surface area contributed by atoms with Crippen LogP contribution in [0.5, 0.6) is 5.75 Å². The molecule has 2 aromatic carbocycles. The van der Waals surface area contributed by atoms with Crippen LogP contribution in [0.4, 0.5) is 0 Å². The number of aliphatic imine (C=N–C) groups is 1. The molecule has 1 fully saturated rings. The molecule has 174 valence electrons. The van der Waals surface area contributed by atoms with Crippen LogP contribution in [0.2, 0.25) is 0 Å². The molecule has 4 rings (SSSR count). The first-order valence-corrected chi connectivity index (χ1v) is 11.3. The largest absolute Gasteiger partial charge is 0.497 e. The molecule has 0 saturated carbocycles. The van der Waals surface area contributed by atoms with E-state index in [0.29, 0.717) is 12.4 Å². The number of hydrogen-bond acceptors (Lipinski definition) is 5. The minimum Gasteiger partial charge on any atom is -0.497 e. The van der Waals surface area contributed by atoms with Crippen molar-refractivity contribution >= 4 is 5.96 Å². The predicted octanol–water partition coefficient (Wildman–Crippen LogP) is 4.07. The lowest BCUT2D eigenvalue weighted by molar-refractivity contribution is 0.0513. The fourth-order valence-corrected chi connectivity index (χ4v) is 4.14. The zero-order valence-electron chi connectivity index (χ0n) is 19.6. The molecule has 0 spiro atoms. The Balaban J connectivity index is 1.38. The second-order valence-corrected chi connectivity index (χ2v) is 8.41. The fraction of sp³-hybridized carbons (Fsp3) is 0.385. The third-order valence-corrected chi connectivity index (χ3v) is 6.26. The van der Waals surface area contributed by atoms with Crippen molar-refractivity contribution in [2.75, 3.05) is 33.9 Å². The molecule has 0 bridgehead atoms. The van der Waals surface area contributed by atoms with Gasteiger partial charge in [-0.2, -0.15) is 0 Å². The summed E-state index contributed by atoms with van der Waals surface area (Å²) < 4.78 is 16.7. The molecule has 0 aliphatic carbocycles. The number of guanidine groups is 1. The van der Waals surface area contributed by atoms with E-state index < -0.39 is 0 Å². The van der Waals surface area contributed by atoms with Crippen LogP contribution in [0, 0.1) is 6.92 Å². The normalized spacial score (nSPS) is 15.8. The Bertz CT molecular complexity index is 1050. The number of aryl methyl sites for hydroxylation is 1. The summed E-state index contributed by atoms with van der Waals surface area (Å²) in [5, 5.41) is 6.87. The van der Waals surface area contributed by atoms with Crippen molar-refractivity contribution < 1.29 is 13.9 Å². The van der Waals surface area contributed by atoms with Crippen molar-refractivity contribution in [1.82, 2.24) is 15.6 Å². The summed E-state index contributed by atoms with van der Waals surface area (Å²) >= 11 is 0. The molecule has 3 aromatic rings. The summed E-state index contributed by atoms with van der Waals surface area (Å²) in [6.45, 7) is 4.84. The molecule has 1 aliphatic rings. The van der Waals surface area contributed by atoms with Crippen LogP contribution in [-0.4, -0.2) is 44.9 Å². The van der Waals surface area contributed by atoms with Gasteiger partial charge in [0.25, 0.3) is 0 Å². The summed E-state index contributed by atoms with van der Waals surface area (Å²) in [6.07, 6.45) is 3.59. The van der Waals surface area contributed by atoms with Crippen LogP contribution in [-0.2, 0) is 16.7 Å². The van der Waals surface area contributed by atoms with Gasteiger partial charge in [0.1, 0.15) is 12.0 Å². The molecule has 7 nitrogen and oxygen atoms in total. The number of hydrogen-bond donors (Lipinski definition) is 2. The molecular weight excluding hydrogens is 416 g/mol. The summed E-state index contributed by atoms with van der Waals surface area (Å²) in [6, 6.07) is 16.5. The first kappa shape index (κ1) is 22.9. The molecule has 1 saturated heterocycles. The van der Waals surface area contributed by atoms with Crippen LogP contribution in [0.25, 0.3) is 11.5 Å². The molecule has 0 unspecified atom stereocenters. The van der Waals surface area contributed by atoms with E-state index in [9.17, 15) is 0 Å². The van der Waals surface area contributed by atoms with Gasteiger partial charge >= 0.3 is 0 Å². The molecule has 2 heterocycles. The van der Waals surface area contributed by atoms with Gasteiger partial charge in [-0.25, -0.2) is 4.98 Å². The Labute approximate surface area is 195 Å². The van der Waals surface area contributed by atoms with E-state index in [2.05, 4.69) is 51.8 Å². The maximum atomic E-state index is 5.67. The van der Waals surface area contributed by atoms with Gasteiger partial charge < -0.3 is 24.5 Å². The Hall–Kier alpha value is -3.32. The first-order chi connectivity index (χ1) is 16.1. The number of oxazole rings is 1. The van der Waals surface area contributed by atoms with Gasteiger partial charge in [0.15, 0.2) is 5.96 Å². The molecule has 0 radical (unpaired) electrons. The highest BCUT2D eigenvalue weighted by molar-refractivity contribution is 5.79. The van der Waals surface area contributed by atoms with Crippen LogP contribution >= 0.6 is 0 Å². The van der Waals surface area contributed by atoms with Gasteiger partial charge in [0.05, 0.1) is 19.3 Å². The lowest BCUT2D eigenvalue weighted by Crippen LogP contribution is -2.47. The zero-order valence-corrected chi connectivity index (χ0v) is 19.6. The number of rotatable bonds is 7. The number of nitrogens with one attached hydrogen (secondary N) is 2. The van der Waals surface area contributed by atoms with E-state index in [1.807, 2.05) is 24.3 Å². The summed E-state index contributed by atoms with van der Waals surface area (Å²) in [5.74, 6) is 2.22. The van der Waals surface area contributed by atoms with E-state index in [0.717, 1.165) is 55.6 Å². The monoisotopic (exact) mass is 448 g/mol. The molecule has 33 heavy (non-hydrogen) atoms. The maximum Gasteiger partial charge on any atom is 0.226 e. The van der Waals surface area contributed by atoms with Gasteiger partial charge in [-0.15, -0.1) is 0 Å². The molecule has 0 amide bonds. The number of nitrogens with zero attached hydrogens (tertiary/aromatic N) is 2. The van der Waals surface area contributed by atoms with Crippen LogP contribution in [0.1, 0.15) is 29.7 Å². The van der Waals surface area contributed by atoms with E-state index in [4.69, 9.17) is 13.9 Å². The zero-order chi connectivity index (χ0) is 23.1. The van der Waals surface area contributed by atoms with Crippen LogP contribution in [0.3, 0.4) is 0 Å².